The molecule has 0 radical (unpaired) electrons. The molecule has 0 aromatic heterocycles. The lowest BCUT2D eigenvalue weighted by Crippen LogP contribution is -2.46. The van der Waals surface area contributed by atoms with Crippen molar-refractivity contribution in [2.75, 3.05) is 0 Å². The first-order valence-corrected chi connectivity index (χ1v) is 4.91. The zero-order valence-corrected chi connectivity index (χ0v) is 9.20. The van der Waals surface area contributed by atoms with E-state index in [1.54, 1.807) is 0 Å². The maximum absolute atomic E-state index is 9.96. The third-order valence-electron chi connectivity index (χ3n) is 2.46. The summed E-state index contributed by atoms with van der Waals surface area (Å²) in [7, 11) is 0. The molecule has 1 saturated carbocycles. The van der Waals surface area contributed by atoms with Crippen molar-refractivity contribution in [3.05, 3.63) is 0 Å². The predicted molar refractivity (Wildman–Crippen MR) is 52.5 cm³/mol. The van der Waals surface area contributed by atoms with Crippen LogP contribution in [-0.4, -0.2) is 15.6 Å². The highest BCUT2D eigenvalue weighted by molar-refractivity contribution is 6.23. The molecule has 0 aliphatic heterocycles. The first-order valence-electron chi connectivity index (χ1n) is 4.53. The maximum Gasteiger partial charge on any atom is 0.0641 e. The van der Waals surface area contributed by atoms with Crippen LogP contribution in [0.25, 0.3) is 0 Å². The third kappa shape index (κ3) is 2.63. The zero-order valence-electron chi connectivity index (χ0n) is 8.45. The summed E-state index contributed by atoms with van der Waals surface area (Å²) >= 11 is 6.28. The molecular formula is C10H19ClO. The van der Waals surface area contributed by atoms with E-state index in [4.69, 9.17) is 11.6 Å². The average molecular weight is 191 g/mol. The van der Waals surface area contributed by atoms with Gasteiger partial charge in [0.15, 0.2) is 0 Å². The Bertz CT molecular complexity index is 137. The van der Waals surface area contributed by atoms with E-state index in [2.05, 4.69) is 13.8 Å². The van der Waals surface area contributed by atoms with Gasteiger partial charge in [-0.2, -0.15) is 0 Å². The highest BCUT2D eigenvalue weighted by Gasteiger charge is 2.45. The van der Waals surface area contributed by atoms with Crippen LogP contribution in [0.5, 0.6) is 0 Å². The molecule has 2 atom stereocenters. The van der Waals surface area contributed by atoms with Crippen LogP contribution in [0.15, 0.2) is 0 Å². The lowest BCUT2D eigenvalue weighted by Gasteiger charge is -2.46. The number of hydrogen-bond donors (Lipinski definition) is 1. The lowest BCUT2D eigenvalue weighted by molar-refractivity contribution is -0.0366. The number of alkyl halides is 1. The molecule has 1 fully saturated rings. The minimum absolute atomic E-state index is 0.165. The minimum atomic E-state index is -0.585. The number of halogens is 1. The normalized spacial score (nSPS) is 47.5. The van der Waals surface area contributed by atoms with E-state index in [1.165, 1.54) is 0 Å². The SMILES string of the molecule is CC1(C)C[C@](C)(O)C[C@](C)(Cl)C1. The van der Waals surface area contributed by atoms with Gasteiger partial charge in [0, 0.05) is 4.87 Å². The first kappa shape index (κ1) is 10.3. The van der Waals surface area contributed by atoms with Crippen molar-refractivity contribution in [2.24, 2.45) is 5.41 Å². The molecule has 0 spiro atoms. The molecule has 0 heterocycles. The summed E-state index contributed by atoms with van der Waals surface area (Å²) in [6, 6.07) is 0. The molecule has 1 aliphatic carbocycles. The smallest absolute Gasteiger partial charge is 0.0641 e. The van der Waals surface area contributed by atoms with E-state index in [9.17, 15) is 5.11 Å². The van der Waals surface area contributed by atoms with E-state index < -0.39 is 5.60 Å². The molecule has 0 unspecified atom stereocenters. The Kier molecular flexibility index (Phi) is 2.25. The van der Waals surface area contributed by atoms with Crippen LogP contribution < -0.4 is 0 Å². The van der Waals surface area contributed by atoms with Gasteiger partial charge in [-0.3, -0.25) is 0 Å². The molecule has 1 N–H and O–H groups in total. The Morgan fingerprint density at radius 3 is 1.83 bits per heavy atom. The Morgan fingerprint density at radius 2 is 1.50 bits per heavy atom. The number of rotatable bonds is 0. The molecule has 72 valence electrons. The lowest BCUT2D eigenvalue weighted by atomic mass is 9.66. The van der Waals surface area contributed by atoms with E-state index in [0.29, 0.717) is 6.42 Å². The molecular weight excluding hydrogens is 172 g/mol. The predicted octanol–water partition coefficient (Wildman–Crippen LogP) is 2.95. The Morgan fingerprint density at radius 1 is 1.00 bits per heavy atom. The van der Waals surface area contributed by atoms with Gasteiger partial charge in [-0.1, -0.05) is 13.8 Å². The molecule has 1 nitrogen and oxygen atoms in total. The van der Waals surface area contributed by atoms with Crippen LogP contribution in [0.1, 0.15) is 47.0 Å². The summed E-state index contributed by atoms with van der Waals surface area (Å²) in [5.41, 5.74) is -0.420. The molecule has 0 aromatic rings. The summed E-state index contributed by atoms with van der Waals surface area (Å²) < 4.78 is 0. The Labute approximate surface area is 80.1 Å². The van der Waals surface area contributed by atoms with Crippen LogP contribution in [-0.2, 0) is 0 Å². The van der Waals surface area contributed by atoms with Crippen LogP contribution in [0.3, 0.4) is 0 Å². The fraction of sp³-hybridized carbons (Fsp3) is 1.00. The van der Waals surface area contributed by atoms with Crippen LogP contribution >= 0.6 is 11.6 Å². The van der Waals surface area contributed by atoms with Crippen molar-refractivity contribution in [2.45, 2.75) is 57.4 Å². The highest BCUT2D eigenvalue weighted by Crippen LogP contribution is 2.48. The molecule has 12 heavy (non-hydrogen) atoms. The molecule has 1 rings (SSSR count). The van der Waals surface area contributed by atoms with Crippen LogP contribution in [0.2, 0.25) is 0 Å². The van der Waals surface area contributed by atoms with Crippen LogP contribution in [0, 0.1) is 5.41 Å². The van der Waals surface area contributed by atoms with Gasteiger partial charge in [0.2, 0.25) is 0 Å². The van der Waals surface area contributed by atoms with Crippen molar-refractivity contribution < 1.29 is 5.11 Å². The summed E-state index contributed by atoms with van der Waals surface area (Å²) in [6.07, 6.45) is 2.53. The largest absolute Gasteiger partial charge is 0.390 e. The third-order valence-corrected chi connectivity index (χ3v) is 2.72. The van der Waals surface area contributed by atoms with E-state index >= 15 is 0 Å². The topological polar surface area (TPSA) is 20.2 Å². The van der Waals surface area contributed by atoms with E-state index in [0.717, 1.165) is 12.8 Å². The van der Waals surface area contributed by atoms with Crippen molar-refractivity contribution in [3.63, 3.8) is 0 Å². The number of aliphatic hydroxyl groups is 1. The molecule has 2 heteroatoms. The zero-order chi connectivity index (χ0) is 9.62. The van der Waals surface area contributed by atoms with Crippen molar-refractivity contribution in [1.82, 2.24) is 0 Å². The fourth-order valence-corrected chi connectivity index (χ4v) is 3.66. The Hall–Kier alpha value is 0.250. The second kappa shape index (κ2) is 2.62. The second-order valence-electron chi connectivity index (χ2n) is 5.60. The molecule has 0 aromatic carbocycles. The van der Waals surface area contributed by atoms with Crippen molar-refractivity contribution in [3.8, 4) is 0 Å². The Balaban J connectivity index is 2.81. The average Bonchev–Trinajstić information content (AvgIpc) is 1.44. The van der Waals surface area contributed by atoms with E-state index in [1.807, 2.05) is 13.8 Å². The van der Waals surface area contributed by atoms with Gasteiger partial charge in [0.25, 0.3) is 0 Å². The van der Waals surface area contributed by atoms with E-state index in [-0.39, 0.29) is 10.3 Å². The molecule has 1 aliphatic rings. The summed E-state index contributed by atoms with van der Waals surface area (Å²) in [6.45, 7) is 8.24. The molecule has 0 amide bonds. The number of hydrogen-bond acceptors (Lipinski definition) is 1. The second-order valence-corrected chi connectivity index (χ2v) is 6.52. The summed E-state index contributed by atoms with van der Waals surface area (Å²) in [5.74, 6) is 0. The van der Waals surface area contributed by atoms with Crippen molar-refractivity contribution >= 4 is 11.6 Å². The molecule has 0 saturated heterocycles. The van der Waals surface area contributed by atoms with Gasteiger partial charge in [-0.25, -0.2) is 0 Å². The van der Waals surface area contributed by atoms with Gasteiger partial charge < -0.3 is 5.11 Å². The summed E-state index contributed by atoms with van der Waals surface area (Å²) in [5, 5.41) is 9.96. The minimum Gasteiger partial charge on any atom is -0.390 e. The first-order chi connectivity index (χ1) is 5.12. The van der Waals surface area contributed by atoms with Crippen LogP contribution in [0.4, 0.5) is 0 Å². The fourth-order valence-electron chi connectivity index (χ4n) is 3.01. The van der Waals surface area contributed by atoms with Gasteiger partial charge in [0.05, 0.1) is 5.60 Å². The highest BCUT2D eigenvalue weighted by atomic mass is 35.5. The quantitative estimate of drug-likeness (QED) is 0.583. The standard InChI is InChI=1S/C10H19ClO/c1-8(2)5-9(3,11)7-10(4,12)6-8/h12H,5-7H2,1-4H3/t9-,10+/m1/s1. The van der Waals surface area contributed by atoms with Gasteiger partial charge >= 0.3 is 0 Å². The summed E-state index contributed by atoms with van der Waals surface area (Å²) in [4.78, 5) is -0.231. The monoisotopic (exact) mass is 190 g/mol. The van der Waals surface area contributed by atoms with Gasteiger partial charge in [0.1, 0.15) is 0 Å². The van der Waals surface area contributed by atoms with Gasteiger partial charge in [-0.15, -0.1) is 11.6 Å². The van der Waals surface area contributed by atoms with Crippen molar-refractivity contribution in [1.29, 1.82) is 0 Å². The van der Waals surface area contributed by atoms with Gasteiger partial charge in [-0.05, 0) is 38.5 Å². The molecule has 0 bridgehead atoms. The maximum atomic E-state index is 9.96.